The molecule has 2 heterocycles. The van der Waals surface area contributed by atoms with E-state index in [1.54, 1.807) is 11.3 Å². The van der Waals surface area contributed by atoms with E-state index in [9.17, 15) is 4.79 Å². The lowest BCUT2D eigenvalue weighted by molar-refractivity contribution is -0.118. The number of aryl methyl sites for hydroxylation is 1. The minimum atomic E-state index is 0. The number of carbonyl (C=O) groups excluding carboxylic acids is 1. The summed E-state index contributed by atoms with van der Waals surface area (Å²) in [5.74, 6) is 0.165. The molecule has 2 N–H and O–H groups in total. The van der Waals surface area contributed by atoms with Gasteiger partial charge in [0.05, 0.1) is 6.42 Å². The third-order valence-electron chi connectivity index (χ3n) is 3.71. The number of carbonyl (C=O) groups is 1. The Kier molecular flexibility index (Phi) is 4.91. The second kappa shape index (κ2) is 6.50. The third-order valence-corrected chi connectivity index (χ3v) is 4.71. The Bertz CT molecular complexity index is 653. The summed E-state index contributed by atoms with van der Waals surface area (Å²) in [7, 11) is 0. The molecule has 0 aliphatic carbocycles. The second-order valence-corrected chi connectivity index (χ2v) is 6.56. The minimum Gasteiger partial charge on any atom is -0.398 e. The zero-order valence-corrected chi connectivity index (χ0v) is 13.6. The van der Waals surface area contributed by atoms with E-state index in [1.165, 1.54) is 4.88 Å². The quantitative estimate of drug-likeness (QED) is 0.859. The lowest BCUT2D eigenvalue weighted by Gasteiger charge is -2.30. The number of amides is 1. The smallest absolute Gasteiger partial charge is 0.232 e. The number of nitrogens with two attached hydrogens (primary N) is 1. The Balaban J connectivity index is 0.00000161. The highest BCUT2D eigenvalue weighted by Crippen LogP contribution is 2.31. The molecule has 112 valence electrons. The summed E-state index contributed by atoms with van der Waals surface area (Å²) in [4.78, 5) is 16.8. The Labute approximate surface area is 135 Å². The van der Waals surface area contributed by atoms with Gasteiger partial charge < -0.3 is 10.6 Å². The van der Waals surface area contributed by atoms with E-state index >= 15 is 0 Å². The number of hydrogen-bond acceptors (Lipinski definition) is 3. The van der Waals surface area contributed by atoms with Crippen molar-refractivity contribution in [2.24, 2.45) is 0 Å². The fourth-order valence-electron chi connectivity index (χ4n) is 2.74. The van der Waals surface area contributed by atoms with Crippen molar-refractivity contribution in [3.63, 3.8) is 0 Å². The predicted molar refractivity (Wildman–Crippen MR) is 91.5 cm³/mol. The maximum absolute atomic E-state index is 12.5. The third kappa shape index (κ3) is 3.22. The molecule has 0 bridgehead atoms. The first-order valence-electron chi connectivity index (χ1n) is 6.88. The van der Waals surface area contributed by atoms with Crippen molar-refractivity contribution in [3.05, 3.63) is 45.6 Å². The van der Waals surface area contributed by atoms with E-state index in [0.717, 1.165) is 41.2 Å². The van der Waals surface area contributed by atoms with Crippen LogP contribution in [-0.4, -0.2) is 12.5 Å². The number of hydrogen-bond donors (Lipinski definition) is 1. The van der Waals surface area contributed by atoms with Crippen LogP contribution >= 0.6 is 23.7 Å². The van der Waals surface area contributed by atoms with E-state index < -0.39 is 0 Å². The maximum atomic E-state index is 12.5. The summed E-state index contributed by atoms with van der Waals surface area (Å²) in [5, 5.41) is 0. The van der Waals surface area contributed by atoms with Gasteiger partial charge in [0.25, 0.3) is 0 Å². The summed E-state index contributed by atoms with van der Waals surface area (Å²) in [6.45, 7) is 2.86. The van der Waals surface area contributed by atoms with Crippen molar-refractivity contribution in [2.45, 2.75) is 26.2 Å². The van der Waals surface area contributed by atoms with Gasteiger partial charge in [0.15, 0.2) is 0 Å². The topological polar surface area (TPSA) is 46.3 Å². The molecule has 1 aromatic carbocycles. The normalized spacial score (nSPS) is 13.5. The molecule has 21 heavy (non-hydrogen) atoms. The molecule has 3 nitrogen and oxygen atoms in total. The molecular weight excluding hydrogens is 304 g/mol. The highest BCUT2D eigenvalue weighted by molar-refractivity contribution is 7.12. The van der Waals surface area contributed by atoms with Crippen LogP contribution in [0.4, 0.5) is 11.4 Å². The molecule has 0 radical (unpaired) electrons. The van der Waals surface area contributed by atoms with Gasteiger partial charge in [0.2, 0.25) is 5.91 Å². The number of rotatable bonds is 2. The number of nitrogens with zero attached hydrogens (tertiary/aromatic N) is 1. The van der Waals surface area contributed by atoms with Crippen LogP contribution in [0, 0.1) is 6.92 Å². The van der Waals surface area contributed by atoms with Crippen molar-refractivity contribution in [1.82, 2.24) is 0 Å². The average Bonchev–Trinajstić information content (AvgIpc) is 2.84. The first-order chi connectivity index (χ1) is 9.65. The van der Waals surface area contributed by atoms with Crippen molar-refractivity contribution in [2.75, 3.05) is 17.2 Å². The van der Waals surface area contributed by atoms with Gasteiger partial charge in [0.1, 0.15) is 0 Å². The lowest BCUT2D eigenvalue weighted by atomic mass is 9.99. The minimum absolute atomic E-state index is 0. The highest BCUT2D eigenvalue weighted by Gasteiger charge is 2.23. The van der Waals surface area contributed by atoms with Gasteiger partial charge in [-0.05, 0) is 49.6 Å². The molecule has 0 saturated heterocycles. The fraction of sp³-hybridized carbons (Fsp3) is 0.312. The van der Waals surface area contributed by atoms with Gasteiger partial charge in [-0.1, -0.05) is 6.07 Å². The summed E-state index contributed by atoms with van der Waals surface area (Å²) in [5.41, 5.74) is 8.94. The average molecular weight is 323 g/mol. The van der Waals surface area contributed by atoms with Crippen LogP contribution in [0.3, 0.4) is 0 Å². The van der Waals surface area contributed by atoms with Gasteiger partial charge in [0, 0.05) is 27.7 Å². The Morgan fingerprint density at radius 1 is 1.33 bits per heavy atom. The monoisotopic (exact) mass is 322 g/mol. The first-order valence-corrected chi connectivity index (χ1v) is 7.70. The number of anilines is 2. The van der Waals surface area contributed by atoms with Gasteiger partial charge in [-0.2, -0.15) is 0 Å². The number of thiophene rings is 1. The standard InChI is InChI=1S/C16H18N2OS.ClH/c1-11-7-8-12(20-11)10-16(19)18-9-3-4-13-14(17)5-2-6-15(13)18;/h2,5-8H,3-4,9-10,17H2,1H3;1H. The molecule has 2 aromatic rings. The van der Waals surface area contributed by atoms with Crippen LogP contribution in [0.2, 0.25) is 0 Å². The molecule has 1 aromatic heterocycles. The lowest BCUT2D eigenvalue weighted by Crippen LogP contribution is -2.36. The predicted octanol–water partition coefficient (Wildman–Crippen LogP) is 3.58. The van der Waals surface area contributed by atoms with Crippen molar-refractivity contribution in [1.29, 1.82) is 0 Å². The van der Waals surface area contributed by atoms with Gasteiger partial charge in [-0.25, -0.2) is 0 Å². The second-order valence-electron chi connectivity index (χ2n) is 5.18. The van der Waals surface area contributed by atoms with Gasteiger partial charge >= 0.3 is 0 Å². The van der Waals surface area contributed by atoms with Gasteiger partial charge in [-0.15, -0.1) is 23.7 Å². The molecule has 5 heteroatoms. The molecule has 1 aliphatic rings. The highest BCUT2D eigenvalue weighted by atomic mass is 35.5. The van der Waals surface area contributed by atoms with E-state index in [2.05, 4.69) is 13.0 Å². The fourth-order valence-corrected chi connectivity index (χ4v) is 3.62. The van der Waals surface area contributed by atoms with Crippen molar-refractivity contribution < 1.29 is 4.79 Å². The molecule has 0 fully saturated rings. The summed E-state index contributed by atoms with van der Waals surface area (Å²) in [6.07, 6.45) is 2.42. The van der Waals surface area contributed by atoms with E-state index in [0.29, 0.717) is 6.42 Å². The van der Waals surface area contributed by atoms with Crippen molar-refractivity contribution >= 4 is 41.0 Å². The SMILES string of the molecule is Cc1ccc(CC(=O)N2CCCc3c(N)cccc32)s1.Cl. The zero-order chi connectivity index (χ0) is 14.1. The molecular formula is C16H19ClN2OS. The van der Waals surface area contributed by atoms with Crippen LogP contribution in [-0.2, 0) is 17.6 Å². The molecule has 0 unspecified atom stereocenters. The first kappa shape index (κ1) is 15.9. The summed E-state index contributed by atoms with van der Waals surface area (Å²) < 4.78 is 0. The number of nitrogen functional groups attached to an aromatic ring is 1. The van der Waals surface area contributed by atoms with Gasteiger partial charge in [-0.3, -0.25) is 4.79 Å². The van der Waals surface area contributed by atoms with Crippen LogP contribution in [0.25, 0.3) is 0 Å². The number of halogens is 1. The summed E-state index contributed by atoms with van der Waals surface area (Å²) >= 11 is 1.69. The Morgan fingerprint density at radius 2 is 2.14 bits per heavy atom. The van der Waals surface area contributed by atoms with Crippen LogP contribution < -0.4 is 10.6 Å². The van der Waals surface area contributed by atoms with Crippen LogP contribution in [0.15, 0.2) is 30.3 Å². The molecule has 1 amide bonds. The van der Waals surface area contributed by atoms with E-state index in [1.807, 2.05) is 29.2 Å². The van der Waals surface area contributed by atoms with Crippen molar-refractivity contribution in [3.8, 4) is 0 Å². The van der Waals surface area contributed by atoms with Crippen LogP contribution in [0.1, 0.15) is 21.7 Å². The molecule has 0 spiro atoms. The number of benzene rings is 1. The molecule has 0 atom stereocenters. The van der Waals surface area contributed by atoms with E-state index in [-0.39, 0.29) is 18.3 Å². The Morgan fingerprint density at radius 3 is 2.86 bits per heavy atom. The van der Waals surface area contributed by atoms with Crippen LogP contribution in [0.5, 0.6) is 0 Å². The number of fused-ring (bicyclic) bond motifs is 1. The largest absolute Gasteiger partial charge is 0.398 e. The maximum Gasteiger partial charge on any atom is 0.232 e. The molecule has 0 saturated carbocycles. The van der Waals surface area contributed by atoms with E-state index in [4.69, 9.17) is 5.73 Å². The molecule has 3 rings (SSSR count). The zero-order valence-electron chi connectivity index (χ0n) is 12.0. The molecule has 1 aliphatic heterocycles. The Hall–Kier alpha value is -1.52. The summed E-state index contributed by atoms with van der Waals surface area (Å²) in [6, 6.07) is 9.95.